The Hall–Kier alpha value is -2.08. The van der Waals surface area contributed by atoms with Crippen LogP contribution in [0.3, 0.4) is 0 Å². The van der Waals surface area contributed by atoms with Gasteiger partial charge in [-0.2, -0.15) is 4.98 Å². The first-order valence-electron chi connectivity index (χ1n) is 11.0. The van der Waals surface area contributed by atoms with E-state index in [4.69, 9.17) is 30.9 Å². The summed E-state index contributed by atoms with van der Waals surface area (Å²) in [5, 5.41) is 25.1. The van der Waals surface area contributed by atoms with Crippen molar-refractivity contribution in [3.05, 3.63) is 53.4 Å². The maximum atomic E-state index is 11.0. The number of benzene rings is 1. The number of aliphatic hydroxyl groups excluding tert-OH is 2. The van der Waals surface area contributed by atoms with Crippen LogP contribution in [0.1, 0.15) is 31.7 Å². The Morgan fingerprint density at radius 1 is 1.17 bits per heavy atom. The Morgan fingerprint density at radius 3 is 2.54 bits per heavy atom. The van der Waals surface area contributed by atoms with Gasteiger partial charge in [-0.1, -0.05) is 44.2 Å². The first-order valence-corrected chi connectivity index (χ1v) is 13.2. The number of nitrogens with one attached hydrogen (secondary N) is 1. The number of aromatic nitrogens is 3. The van der Waals surface area contributed by atoms with Gasteiger partial charge in [-0.25, -0.2) is 4.98 Å². The molecule has 1 aliphatic heterocycles. The predicted molar refractivity (Wildman–Crippen MR) is 129 cm³/mol. The molecule has 0 unspecified atom stereocenters. The van der Waals surface area contributed by atoms with E-state index in [0.717, 1.165) is 5.56 Å². The van der Waals surface area contributed by atoms with Gasteiger partial charge in [0.1, 0.15) is 36.1 Å². The smallest absolute Gasteiger partial charge is 0.350 e. The molecule has 0 saturated carbocycles. The molecule has 1 aromatic carbocycles. The molecule has 3 aromatic rings. The molecule has 0 bridgehead atoms. The van der Waals surface area contributed by atoms with Gasteiger partial charge in [0.05, 0.1) is 18.0 Å². The van der Waals surface area contributed by atoms with E-state index in [1.165, 1.54) is 4.57 Å². The highest BCUT2D eigenvalue weighted by Gasteiger charge is 2.44. The van der Waals surface area contributed by atoms with Crippen LogP contribution in [-0.2, 0) is 14.0 Å². The van der Waals surface area contributed by atoms with E-state index in [0.29, 0.717) is 16.9 Å². The minimum absolute atomic E-state index is 0.00918. The molecule has 0 aliphatic carbocycles. The molecule has 4 rings (SSSR count). The van der Waals surface area contributed by atoms with E-state index >= 15 is 0 Å². The van der Waals surface area contributed by atoms with E-state index in [2.05, 4.69) is 29.1 Å². The number of ether oxygens (including phenoxy) is 2. The molecule has 0 radical (unpaired) electrons. The zero-order valence-corrected chi connectivity index (χ0v) is 20.8. The molecular weight excluding hydrogens is 499 g/mol. The summed E-state index contributed by atoms with van der Waals surface area (Å²) in [7, 11) is -4.37. The molecule has 0 spiro atoms. The number of hydrogen-bond acceptors (Lipinski definition) is 8. The third kappa shape index (κ3) is 5.84. The van der Waals surface area contributed by atoms with Crippen molar-refractivity contribution in [1.82, 2.24) is 14.5 Å². The second-order valence-corrected chi connectivity index (χ2v) is 10.7. The molecule has 1 saturated heterocycles. The average molecular weight is 527 g/mol. The van der Waals surface area contributed by atoms with Crippen LogP contribution < -0.4 is 5.32 Å². The number of rotatable bonds is 9. The van der Waals surface area contributed by atoms with Crippen LogP contribution in [0.4, 0.5) is 5.82 Å². The summed E-state index contributed by atoms with van der Waals surface area (Å²) in [5.74, 6) is 0.739. The van der Waals surface area contributed by atoms with Gasteiger partial charge < -0.3 is 39.4 Å². The van der Waals surface area contributed by atoms with Gasteiger partial charge in [-0.3, -0.25) is 4.57 Å². The van der Waals surface area contributed by atoms with Crippen molar-refractivity contribution in [2.24, 2.45) is 5.92 Å². The van der Waals surface area contributed by atoms with Gasteiger partial charge in [0, 0.05) is 6.20 Å². The summed E-state index contributed by atoms with van der Waals surface area (Å²) in [5.41, 5.74) is 1.47. The van der Waals surface area contributed by atoms with Gasteiger partial charge in [0.15, 0.2) is 6.23 Å². The Bertz CT molecular complexity index is 1210. The largest absolute Gasteiger partial charge is 0.387 e. The van der Waals surface area contributed by atoms with Crippen LogP contribution >= 0.6 is 19.2 Å². The monoisotopic (exact) mass is 526 g/mol. The van der Waals surface area contributed by atoms with E-state index in [1.54, 1.807) is 12.3 Å². The number of anilines is 1. The standard InChI is InChI=1S/C22H28ClN4O7P/c1-12(2)16(13-6-4-3-5-7-13)24-19-14-8-9-27(20(14)26-22(23)25-19)21-18(29)17(28)15(34-21)10-33-11-35(30,31)32/h3-9,12,15-18,21,28-29H,10-11H2,1-2H3,(H,24,25,26)(H2,30,31,32)/t15-,16+,17-,18-,21-/m1/s1. The SMILES string of the molecule is CC(C)[C@H](Nc1nc(Cl)nc2c1ccn2[C@@H]1O[C@H](COCP(=O)(O)O)[C@@H](O)[C@H]1O)c1ccccc1. The summed E-state index contributed by atoms with van der Waals surface area (Å²) >= 11 is 6.25. The van der Waals surface area contributed by atoms with Crippen LogP contribution in [0.25, 0.3) is 11.0 Å². The first-order chi connectivity index (χ1) is 16.5. The number of hydrogen-bond donors (Lipinski definition) is 5. The van der Waals surface area contributed by atoms with Crippen molar-refractivity contribution in [3.63, 3.8) is 0 Å². The third-order valence-corrected chi connectivity index (χ3v) is 6.50. The molecule has 1 aliphatic rings. The summed E-state index contributed by atoms with van der Waals surface area (Å²) in [6.45, 7) is 3.87. The van der Waals surface area contributed by atoms with Crippen molar-refractivity contribution in [1.29, 1.82) is 0 Å². The Labute approximate surface area is 206 Å². The van der Waals surface area contributed by atoms with Crippen molar-refractivity contribution >= 4 is 36.0 Å². The van der Waals surface area contributed by atoms with Crippen LogP contribution in [0.15, 0.2) is 42.6 Å². The molecule has 0 amide bonds. The van der Waals surface area contributed by atoms with Crippen LogP contribution in [-0.4, -0.2) is 65.8 Å². The summed E-state index contributed by atoms with van der Waals surface area (Å²) in [4.78, 5) is 26.6. The lowest BCUT2D eigenvalue weighted by molar-refractivity contribution is -0.0610. The minimum Gasteiger partial charge on any atom is -0.387 e. The second kappa shape index (κ2) is 10.5. The molecule has 35 heavy (non-hydrogen) atoms. The Morgan fingerprint density at radius 2 is 1.89 bits per heavy atom. The van der Waals surface area contributed by atoms with Gasteiger partial charge in [0.25, 0.3) is 0 Å². The fraction of sp³-hybridized carbons (Fsp3) is 0.455. The second-order valence-electron chi connectivity index (χ2n) is 8.79. The van der Waals surface area contributed by atoms with Crippen molar-refractivity contribution in [3.8, 4) is 0 Å². The lowest BCUT2D eigenvalue weighted by atomic mass is 9.96. The van der Waals surface area contributed by atoms with Crippen LogP contribution in [0.5, 0.6) is 0 Å². The van der Waals surface area contributed by atoms with Crippen LogP contribution in [0, 0.1) is 5.92 Å². The van der Waals surface area contributed by atoms with E-state index in [9.17, 15) is 14.8 Å². The van der Waals surface area contributed by atoms with Crippen molar-refractivity contribution in [2.45, 2.75) is 44.4 Å². The predicted octanol–water partition coefficient (Wildman–Crippen LogP) is 2.66. The van der Waals surface area contributed by atoms with Gasteiger partial charge in [-0.05, 0) is 29.1 Å². The fourth-order valence-corrected chi connectivity index (χ4v) is 4.66. The highest BCUT2D eigenvalue weighted by molar-refractivity contribution is 7.51. The molecule has 2 aromatic heterocycles. The summed E-state index contributed by atoms with van der Waals surface area (Å²) in [6.07, 6.45) is -3.88. The highest BCUT2D eigenvalue weighted by atomic mass is 35.5. The Balaban J connectivity index is 1.61. The number of nitrogens with zero attached hydrogens (tertiary/aromatic N) is 3. The zero-order valence-electron chi connectivity index (χ0n) is 19.1. The average Bonchev–Trinajstić information content (AvgIpc) is 3.33. The lowest BCUT2D eigenvalue weighted by Crippen LogP contribution is -2.33. The van der Waals surface area contributed by atoms with Crippen LogP contribution in [0.2, 0.25) is 5.28 Å². The van der Waals surface area contributed by atoms with E-state index in [-0.39, 0.29) is 23.9 Å². The minimum atomic E-state index is -4.37. The van der Waals surface area contributed by atoms with E-state index < -0.39 is 38.5 Å². The fourth-order valence-electron chi connectivity index (χ4n) is 4.15. The molecule has 11 nitrogen and oxygen atoms in total. The Kier molecular flexibility index (Phi) is 7.80. The molecule has 5 atom stereocenters. The molecule has 13 heteroatoms. The maximum Gasteiger partial charge on any atom is 0.350 e. The molecule has 3 heterocycles. The lowest BCUT2D eigenvalue weighted by Gasteiger charge is -2.24. The van der Waals surface area contributed by atoms with Crippen molar-refractivity contribution in [2.75, 3.05) is 18.3 Å². The molecule has 5 N–H and O–H groups in total. The van der Waals surface area contributed by atoms with E-state index in [1.807, 2.05) is 30.3 Å². The summed E-state index contributed by atoms with van der Waals surface area (Å²) in [6, 6.07) is 11.6. The number of aliphatic hydroxyl groups is 2. The third-order valence-electron chi connectivity index (χ3n) is 5.82. The quantitative estimate of drug-likeness (QED) is 0.207. The van der Waals surface area contributed by atoms with Gasteiger partial charge in [0.2, 0.25) is 5.28 Å². The van der Waals surface area contributed by atoms with Crippen molar-refractivity contribution < 1.29 is 34.0 Å². The van der Waals surface area contributed by atoms with Gasteiger partial charge in [-0.15, -0.1) is 0 Å². The number of halogens is 1. The zero-order chi connectivity index (χ0) is 25.3. The molecule has 1 fully saturated rings. The molecule has 190 valence electrons. The first kappa shape index (κ1) is 26.0. The van der Waals surface area contributed by atoms with Gasteiger partial charge >= 0.3 is 7.60 Å². The number of fused-ring (bicyclic) bond motifs is 1. The molecular formula is C22H28ClN4O7P. The summed E-state index contributed by atoms with van der Waals surface area (Å²) < 4.78 is 23.3. The maximum absolute atomic E-state index is 11.0. The topological polar surface area (TPSA) is 159 Å². The normalized spacial score (nSPS) is 23.8. The highest BCUT2D eigenvalue weighted by Crippen LogP contribution is 2.37.